The topological polar surface area (TPSA) is 50.9 Å². The minimum absolute atomic E-state index is 0.556. The standard InChI is InChI=1S/C19H23N3OS/c20-19(22-9-11-24-12-10-22)21-14-16-5-4-6-17(13-16)15-23-18-7-2-1-3-8-18/h1-8,13H,9-12,14-15H2,(H2,20,21). The lowest BCUT2D eigenvalue weighted by Gasteiger charge is -2.27. The third-order valence-corrected chi connectivity index (χ3v) is 4.84. The minimum atomic E-state index is 0.556. The Morgan fingerprint density at radius 2 is 1.79 bits per heavy atom. The van der Waals surface area contributed by atoms with E-state index in [4.69, 9.17) is 10.5 Å². The predicted octanol–water partition coefficient (Wildman–Crippen LogP) is 3.13. The van der Waals surface area contributed by atoms with Crippen LogP contribution in [0.25, 0.3) is 0 Å². The smallest absolute Gasteiger partial charge is 0.191 e. The number of hydrogen-bond acceptors (Lipinski definition) is 3. The Labute approximate surface area is 147 Å². The van der Waals surface area contributed by atoms with Crippen molar-refractivity contribution >= 4 is 17.7 Å². The number of guanidine groups is 1. The summed E-state index contributed by atoms with van der Waals surface area (Å²) < 4.78 is 5.80. The van der Waals surface area contributed by atoms with E-state index in [0.29, 0.717) is 19.1 Å². The second-order valence-corrected chi connectivity index (χ2v) is 6.92. The van der Waals surface area contributed by atoms with Crippen LogP contribution in [0.5, 0.6) is 5.75 Å². The summed E-state index contributed by atoms with van der Waals surface area (Å²) in [5, 5.41) is 0. The molecule has 1 fully saturated rings. The molecule has 1 heterocycles. The van der Waals surface area contributed by atoms with E-state index in [1.54, 1.807) is 0 Å². The van der Waals surface area contributed by atoms with Crippen molar-refractivity contribution in [1.29, 1.82) is 0 Å². The maximum atomic E-state index is 6.11. The van der Waals surface area contributed by atoms with E-state index >= 15 is 0 Å². The van der Waals surface area contributed by atoms with Crippen LogP contribution < -0.4 is 10.5 Å². The number of para-hydroxylation sites is 1. The fourth-order valence-electron chi connectivity index (χ4n) is 2.57. The van der Waals surface area contributed by atoms with Crippen molar-refractivity contribution in [2.45, 2.75) is 13.2 Å². The van der Waals surface area contributed by atoms with Gasteiger partial charge < -0.3 is 15.4 Å². The first kappa shape index (κ1) is 16.7. The number of ether oxygens (including phenoxy) is 1. The van der Waals surface area contributed by atoms with Gasteiger partial charge in [0, 0.05) is 24.6 Å². The lowest BCUT2D eigenvalue weighted by molar-refractivity contribution is 0.306. The molecule has 24 heavy (non-hydrogen) atoms. The summed E-state index contributed by atoms with van der Waals surface area (Å²) in [6.45, 7) is 3.14. The van der Waals surface area contributed by atoms with Gasteiger partial charge >= 0.3 is 0 Å². The van der Waals surface area contributed by atoms with Gasteiger partial charge in [0.2, 0.25) is 0 Å². The highest BCUT2D eigenvalue weighted by molar-refractivity contribution is 7.99. The third kappa shape index (κ3) is 4.93. The second-order valence-electron chi connectivity index (χ2n) is 5.70. The zero-order valence-corrected chi connectivity index (χ0v) is 14.5. The quantitative estimate of drug-likeness (QED) is 0.670. The molecule has 4 nitrogen and oxygen atoms in total. The molecular weight excluding hydrogens is 318 g/mol. The van der Waals surface area contributed by atoms with Gasteiger partial charge in [-0.1, -0.05) is 42.5 Å². The van der Waals surface area contributed by atoms with Crippen LogP contribution in [0.15, 0.2) is 59.6 Å². The van der Waals surface area contributed by atoms with Crippen LogP contribution >= 0.6 is 11.8 Å². The normalized spacial score (nSPS) is 15.3. The van der Waals surface area contributed by atoms with Crippen molar-refractivity contribution in [2.75, 3.05) is 24.6 Å². The van der Waals surface area contributed by atoms with E-state index in [2.05, 4.69) is 28.1 Å². The van der Waals surface area contributed by atoms with E-state index < -0.39 is 0 Å². The Kier molecular flexibility index (Phi) is 6.01. The maximum absolute atomic E-state index is 6.11. The fraction of sp³-hybridized carbons (Fsp3) is 0.316. The second kappa shape index (κ2) is 8.64. The summed E-state index contributed by atoms with van der Waals surface area (Å²) in [5.74, 6) is 3.79. The van der Waals surface area contributed by atoms with E-state index in [0.717, 1.165) is 41.5 Å². The van der Waals surface area contributed by atoms with E-state index in [1.807, 2.05) is 48.2 Å². The Balaban J connectivity index is 1.56. The van der Waals surface area contributed by atoms with E-state index in [-0.39, 0.29) is 0 Å². The van der Waals surface area contributed by atoms with Crippen molar-refractivity contribution in [3.05, 3.63) is 65.7 Å². The van der Waals surface area contributed by atoms with Crippen LogP contribution in [0.4, 0.5) is 0 Å². The monoisotopic (exact) mass is 341 g/mol. The molecule has 0 spiro atoms. The molecule has 0 radical (unpaired) electrons. The van der Waals surface area contributed by atoms with Crippen molar-refractivity contribution in [3.63, 3.8) is 0 Å². The molecule has 0 unspecified atom stereocenters. The average Bonchev–Trinajstić information content (AvgIpc) is 2.66. The number of benzene rings is 2. The van der Waals surface area contributed by atoms with Gasteiger partial charge in [0.25, 0.3) is 0 Å². The Morgan fingerprint density at radius 3 is 2.58 bits per heavy atom. The molecule has 2 N–H and O–H groups in total. The first-order valence-electron chi connectivity index (χ1n) is 8.19. The molecular formula is C19H23N3OS. The number of nitrogens with two attached hydrogens (primary N) is 1. The minimum Gasteiger partial charge on any atom is -0.489 e. The molecule has 0 saturated carbocycles. The van der Waals surface area contributed by atoms with E-state index in [1.165, 1.54) is 0 Å². The molecule has 0 atom stereocenters. The van der Waals surface area contributed by atoms with Crippen LogP contribution in [-0.4, -0.2) is 35.5 Å². The number of aliphatic imine (C=N–C) groups is 1. The van der Waals surface area contributed by atoms with Crippen LogP contribution in [0.3, 0.4) is 0 Å². The van der Waals surface area contributed by atoms with Gasteiger partial charge in [-0.15, -0.1) is 0 Å². The lowest BCUT2D eigenvalue weighted by atomic mass is 10.1. The van der Waals surface area contributed by atoms with Crippen molar-refractivity contribution in [1.82, 2.24) is 4.90 Å². The van der Waals surface area contributed by atoms with Gasteiger partial charge in [-0.25, -0.2) is 4.99 Å². The molecule has 1 saturated heterocycles. The summed E-state index contributed by atoms with van der Waals surface area (Å²) in [6.07, 6.45) is 0. The highest BCUT2D eigenvalue weighted by atomic mass is 32.2. The SMILES string of the molecule is NC(=NCc1cccc(COc2ccccc2)c1)N1CCSCC1. The summed E-state index contributed by atoms with van der Waals surface area (Å²) in [6, 6.07) is 18.2. The molecule has 0 bridgehead atoms. The summed E-state index contributed by atoms with van der Waals surface area (Å²) >= 11 is 1.97. The Hall–Kier alpha value is -2.14. The third-order valence-electron chi connectivity index (χ3n) is 3.90. The molecule has 1 aliphatic heterocycles. The zero-order valence-electron chi connectivity index (χ0n) is 13.7. The van der Waals surface area contributed by atoms with Gasteiger partial charge in [0.15, 0.2) is 5.96 Å². The summed E-state index contributed by atoms with van der Waals surface area (Å²) in [4.78, 5) is 6.71. The lowest BCUT2D eigenvalue weighted by Crippen LogP contribution is -2.42. The highest BCUT2D eigenvalue weighted by Crippen LogP contribution is 2.13. The molecule has 2 aromatic carbocycles. The van der Waals surface area contributed by atoms with Gasteiger partial charge in [0.1, 0.15) is 12.4 Å². The van der Waals surface area contributed by atoms with Crippen LogP contribution in [0, 0.1) is 0 Å². The van der Waals surface area contributed by atoms with Crippen molar-refractivity contribution < 1.29 is 4.74 Å². The fourth-order valence-corrected chi connectivity index (χ4v) is 3.47. The largest absolute Gasteiger partial charge is 0.489 e. The maximum Gasteiger partial charge on any atom is 0.191 e. The van der Waals surface area contributed by atoms with Gasteiger partial charge in [0.05, 0.1) is 6.54 Å². The van der Waals surface area contributed by atoms with Gasteiger partial charge in [-0.2, -0.15) is 11.8 Å². The molecule has 0 amide bonds. The Morgan fingerprint density at radius 1 is 1.04 bits per heavy atom. The number of nitrogens with zero attached hydrogens (tertiary/aromatic N) is 2. The van der Waals surface area contributed by atoms with Crippen LogP contribution in [0.2, 0.25) is 0 Å². The number of rotatable bonds is 5. The molecule has 0 aromatic heterocycles. The number of thioether (sulfide) groups is 1. The molecule has 126 valence electrons. The summed E-state index contributed by atoms with van der Waals surface area (Å²) in [5.41, 5.74) is 8.40. The molecule has 5 heteroatoms. The first-order valence-corrected chi connectivity index (χ1v) is 9.35. The Bertz CT molecular complexity index is 669. The van der Waals surface area contributed by atoms with Crippen LogP contribution in [-0.2, 0) is 13.2 Å². The summed E-state index contributed by atoms with van der Waals surface area (Å²) in [7, 11) is 0. The molecule has 1 aliphatic rings. The highest BCUT2D eigenvalue weighted by Gasteiger charge is 2.11. The average molecular weight is 341 g/mol. The van der Waals surface area contributed by atoms with Crippen LogP contribution in [0.1, 0.15) is 11.1 Å². The molecule has 2 aromatic rings. The van der Waals surface area contributed by atoms with Crippen molar-refractivity contribution in [3.8, 4) is 5.75 Å². The zero-order chi connectivity index (χ0) is 16.6. The number of hydrogen-bond donors (Lipinski definition) is 1. The van der Waals surface area contributed by atoms with E-state index in [9.17, 15) is 0 Å². The van der Waals surface area contributed by atoms with Gasteiger partial charge in [-0.3, -0.25) is 0 Å². The molecule has 0 aliphatic carbocycles. The first-order chi connectivity index (χ1) is 11.8. The predicted molar refractivity (Wildman–Crippen MR) is 101 cm³/mol. The van der Waals surface area contributed by atoms with Gasteiger partial charge in [-0.05, 0) is 23.3 Å². The molecule has 3 rings (SSSR count). The van der Waals surface area contributed by atoms with Crippen molar-refractivity contribution in [2.24, 2.45) is 10.7 Å².